The Morgan fingerprint density at radius 1 is 1.05 bits per heavy atom. The molecule has 4 aromatic rings. The average Bonchev–Trinajstić information content (AvgIpc) is 2.91. The van der Waals surface area contributed by atoms with Crippen LogP contribution in [0.2, 0.25) is 0 Å². The lowest BCUT2D eigenvalue weighted by Crippen LogP contribution is -2.14. The van der Waals surface area contributed by atoms with Crippen LogP contribution < -0.4 is 10.3 Å². The van der Waals surface area contributed by atoms with Crippen LogP contribution in [0.5, 0.6) is 11.5 Å². The Labute approximate surface area is 212 Å². The fourth-order valence-electron chi connectivity index (χ4n) is 3.67. The summed E-state index contributed by atoms with van der Waals surface area (Å²) in [6.07, 6.45) is 1.85. The van der Waals surface area contributed by atoms with Crippen molar-refractivity contribution in [2.75, 3.05) is 7.11 Å². The Bertz CT molecular complexity index is 1500. The van der Waals surface area contributed by atoms with Crippen LogP contribution in [0, 0.1) is 5.82 Å². The number of esters is 1. The monoisotopic (exact) mass is 501 g/mol. The van der Waals surface area contributed by atoms with E-state index in [1.807, 2.05) is 26.0 Å². The number of carbonyl (C=O) groups excluding carboxylic acids is 2. The second kappa shape index (κ2) is 10.9. The van der Waals surface area contributed by atoms with Gasteiger partial charge in [0.1, 0.15) is 17.3 Å². The van der Waals surface area contributed by atoms with Gasteiger partial charge in [0.25, 0.3) is 5.56 Å². The van der Waals surface area contributed by atoms with Gasteiger partial charge in [-0.2, -0.15) is 10.2 Å². The van der Waals surface area contributed by atoms with E-state index < -0.39 is 17.3 Å². The number of aldehydes is 1. The minimum Gasteiger partial charge on any atom is -0.465 e. The van der Waals surface area contributed by atoms with Crippen molar-refractivity contribution < 1.29 is 23.5 Å². The zero-order valence-electron chi connectivity index (χ0n) is 20.4. The fourth-order valence-corrected chi connectivity index (χ4v) is 3.67. The summed E-state index contributed by atoms with van der Waals surface area (Å²) in [4.78, 5) is 38.0. The molecule has 1 N–H and O–H groups in total. The maximum absolute atomic E-state index is 14.8. The first-order valence-corrected chi connectivity index (χ1v) is 11.5. The predicted octanol–water partition coefficient (Wildman–Crippen LogP) is 5.08. The molecule has 2 aromatic carbocycles. The van der Waals surface area contributed by atoms with Crippen molar-refractivity contribution in [1.29, 1.82) is 0 Å². The summed E-state index contributed by atoms with van der Waals surface area (Å²) in [5.41, 5.74) is 2.48. The van der Waals surface area contributed by atoms with Crippen LogP contribution in [0.4, 0.5) is 4.39 Å². The Kier molecular flexibility index (Phi) is 7.52. The van der Waals surface area contributed by atoms with Gasteiger partial charge in [0.2, 0.25) is 0 Å². The average molecular weight is 502 g/mol. The van der Waals surface area contributed by atoms with Crippen LogP contribution in [0.3, 0.4) is 0 Å². The van der Waals surface area contributed by atoms with E-state index in [4.69, 9.17) is 4.74 Å². The summed E-state index contributed by atoms with van der Waals surface area (Å²) < 4.78 is 25.5. The van der Waals surface area contributed by atoms with Gasteiger partial charge in [0.05, 0.1) is 24.1 Å². The number of hydrogen-bond donors (Lipinski definition) is 1. The van der Waals surface area contributed by atoms with Gasteiger partial charge in [0, 0.05) is 34.9 Å². The molecule has 0 atom stereocenters. The minimum atomic E-state index is -0.867. The molecule has 0 radical (unpaired) electrons. The van der Waals surface area contributed by atoms with Gasteiger partial charge in [-0.3, -0.25) is 9.59 Å². The van der Waals surface area contributed by atoms with Crippen molar-refractivity contribution in [3.05, 3.63) is 105 Å². The SMILES string of the molecule is COC(=O)c1cc(Oc2ccc(-c3ccc(C(C)C)nn3)cc2)c(Cc2cc(C=O)c[nH]c2=O)cc1F. The maximum atomic E-state index is 14.8. The summed E-state index contributed by atoms with van der Waals surface area (Å²) in [6, 6.07) is 14.6. The van der Waals surface area contributed by atoms with Crippen molar-refractivity contribution >= 4 is 12.3 Å². The van der Waals surface area contributed by atoms with Gasteiger partial charge >= 0.3 is 5.97 Å². The number of nitrogens with one attached hydrogen (secondary N) is 1. The Balaban J connectivity index is 1.67. The molecule has 0 saturated heterocycles. The van der Waals surface area contributed by atoms with Crippen LogP contribution in [0.25, 0.3) is 11.3 Å². The first kappa shape index (κ1) is 25.4. The van der Waals surface area contributed by atoms with E-state index in [1.165, 1.54) is 18.3 Å². The van der Waals surface area contributed by atoms with E-state index in [2.05, 4.69) is 19.9 Å². The second-order valence-electron chi connectivity index (χ2n) is 8.64. The van der Waals surface area contributed by atoms with Crippen molar-refractivity contribution in [3.8, 4) is 22.8 Å². The van der Waals surface area contributed by atoms with Crippen LogP contribution in [-0.2, 0) is 11.2 Å². The molecule has 0 spiro atoms. The van der Waals surface area contributed by atoms with Gasteiger partial charge in [-0.05, 0) is 60.5 Å². The van der Waals surface area contributed by atoms with E-state index in [9.17, 15) is 18.8 Å². The van der Waals surface area contributed by atoms with Crippen molar-refractivity contribution in [1.82, 2.24) is 15.2 Å². The molecule has 37 heavy (non-hydrogen) atoms. The number of aromatic amines is 1. The third-order valence-corrected chi connectivity index (χ3v) is 5.73. The Morgan fingerprint density at radius 2 is 1.81 bits per heavy atom. The van der Waals surface area contributed by atoms with E-state index in [0.29, 0.717) is 23.3 Å². The highest BCUT2D eigenvalue weighted by Gasteiger charge is 2.19. The van der Waals surface area contributed by atoms with E-state index >= 15 is 0 Å². The van der Waals surface area contributed by atoms with E-state index in [-0.39, 0.29) is 34.8 Å². The minimum absolute atomic E-state index is 0.0411. The molecule has 0 amide bonds. The largest absolute Gasteiger partial charge is 0.465 e. The zero-order valence-corrected chi connectivity index (χ0v) is 20.4. The lowest BCUT2D eigenvalue weighted by atomic mass is 10.0. The first-order valence-electron chi connectivity index (χ1n) is 11.5. The molecule has 0 aliphatic carbocycles. The summed E-state index contributed by atoms with van der Waals surface area (Å²) in [5, 5.41) is 8.52. The molecule has 0 bridgehead atoms. The van der Waals surface area contributed by atoms with Gasteiger partial charge < -0.3 is 14.5 Å². The standard InChI is InChI=1S/C28H24FN3O5/c1-16(2)24-8-9-25(32-31-24)18-4-6-21(7-5-18)37-26-13-22(28(35)36-3)23(29)12-19(26)11-20-10-17(15-33)14-30-27(20)34/h4-10,12-16H,11H2,1-3H3,(H,30,34). The van der Waals surface area contributed by atoms with Gasteiger partial charge in [0.15, 0.2) is 6.29 Å². The molecular weight excluding hydrogens is 477 g/mol. The fraction of sp³-hybridized carbons (Fsp3) is 0.179. The van der Waals surface area contributed by atoms with E-state index in [1.54, 1.807) is 24.3 Å². The molecule has 0 aliphatic rings. The van der Waals surface area contributed by atoms with Gasteiger partial charge in [-0.15, -0.1) is 0 Å². The zero-order chi connectivity index (χ0) is 26.5. The molecule has 0 saturated carbocycles. The molecule has 4 rings (SSSR count). The number of carbonyl (C=O) groups is 2. The number of benzene rings is 2. The second-order valence-corrected chi connectivity index (χ2v) is 8.64. The normalized spacial score (nSPS) is 10.8. The highest BCUT2D eigenvalue weighted by atomic mass is 19.1. The van der Waals surface area contributed by atoms with E-state index in [0.717, 1.165) is 24.4 Å². The number of rotatable bonds is 8. The third-order valence-electron chi connectivity index (χ3n) is 5.73. The topological polar surface area (TPSA) is 111 Å². The summed E-state index contributed by atoms with van der Waals surface area (Å²) in [7, 11) is 1.15. The van der Waals surface area contributed by atoms with Crippen LogP contribution in [-0.4, -0.2) is 34.5 Å². The highest BCUT2D eigenvalue weighted by molar-refractivity contribution is 5.90. The molecule has 9 heteroatoms. The molecule has 0 fully saturated rings. The van der Waals surface area contributed by atoms with Crippen molar-refractivity contribution in [2.24, 2.45) is 0 Å². The molecule has 2 heterocycles. The maximum Gasteiger partial charge on any atom is 0.340 e. The summed E-state index contributed by atoms with van der Waals surface area (Å²) >= 11 is 0. The third kappa shape index (κ3) is 5.78. The quantitative estimate of drug-likeness (QED) is 0.265. The smallest absolute Gasteiger partial charge is 0.340 e. The number of ether oxygens (including phenoxy) is 2. The number of H-pyrrole nitrogens is 1. The number of aromatic nitrogens is 3. The number of methoxy groups -OCH3 is 1. The molecule has 0 unspecified atom stereocenters. The van der Waals surface area contributed by atoms with Crippen molar-refractivity contribution in [3.63, 3.8) is 0 Å². The Hall–Kier alpha value is -4.66. The first-order chi connectivity index (χ1) is 17.8. The van der Waals surface area contributed by atoms with Crippen LogP contribution >= 0.6 is 0 Å². The summed E-state index contributed by atoms with van der Waals surface area (Å²) in [5.74, 6) is -0.848. The highest BCUT2D eigenvalue weighted by Crippen LogP contribution is 2.31. The number of hydrogen-bond acceptors (Lipinski definition) is 7. The molecule has 0 aliphatic heterocycles. The molecule has 188 valence electrons. The number of halogens is 1. The molecular formula is C28H24FN3O5. The Morgan fingerprint density at radius 3 is 2.43 bits per heavy atom. The lowest BCUT2D eigenvalue weighted by Gasteiger charge is -2.14. The lowest BCUT2D eigenvalue weighted by molar-refractivity contribution is 0.0595. The van der Waals surface area contributed by atoms with Crippen LogP contribution in [0.1, 0.15) is 57.3 Å². The summed E-state index contributed by atoms with van der Waals surface area (Å²) in [6.45, 7) is 4.08. The predicted molar refractivity (Wildman–Crippen MR) is 135 cm³/mol. The van der Waals surface area contributed by atoms with Gasteiger partial charge in [-0.1, -0.05) is 13.8 Å². The van der Waals surface area contributed by atoms with Gasteiger partial charge in [-0.25, -0.2) is 9.18 Å². The van der Waals surface area contributed by atoms with Crippen molar-refractivity contribution in [2.45, 2.75) is 26.2 Å². The molecule has 2 aromatic heterocycles. The molecule has 8 nitrogen and oxygen atoms in total. The van der Waals surface area contributed by atoms with Crippen LogP contribution in [0.15, 0.2) is 65.6 Å². The number of nitrogens with zero attached hydrogens (tertiary/aromatic N) is 2. The number of pyridine rings is 1.